The molecule has 0 aromatic heterocycles. The number of methoxy groups -OCH3 is 1. The van der Waals surface area contributed by atoms with E-state index in [0.29, 0.717) is 17.9 Å². The van der Waals surface area contributed by atoms with E-state index < -0.39 is 0 Å². The van der Waals surface area contributed by atoms with Gasteiger partial charge in [0.25, 0.3) is 0 Å². The van der Waals surface area contributed by atoms with Crippen molar-refractivity contribution < 1.29 is 14.3 Å². The lowest BCUT2D eigenvalue weighted by Crippen LogP contribution is -2.12. The molecule has 0 unspecified atom stereocenters. The summed E-state index contributed by atoms with van der Waals surface area (Å²) in [6.45, 7) is 1.47. The molecule has 0 heterocycles. The average molecular weight is 223 g/mol. The van der Waals surface area contributed by atoms with E-state index in [-0.39, 0.29) is 5.97 Å². The van der Waals surface area contributed by atoms with E-state index in [1.54, 1.807) is 18.2 Å². The molecule has 1 aromatic carbocycles. The monoisotopic (exact) mass is 223 g/mol. The fourth-order valence-electron chi connectivity index (χ4n) is 1.30. The SMILES string of the molecule is CNCCCOc1ccccc1C(=O)OC. The van der Waals surface area contributed by atoms with Gasteiger partial charge in [-0.1, -0.05) is 12.1 Å². The minimum Gasteiger partial charge on any atom is -0.493 e. The van der Waals surface area contributed by atoms with Gasteiger partial charge in [0.2, 0.25) is 0 Å². The van der Waals surface area contributed by atoms with Gasteiger partial charge in [-0.3, -0.25) is 0 Å². The van der Waals surface area contributed by atoms with Gasteiger partial charge >= 0.3 is 5.97 Å². The van der Waals surface area contributed by atoms with Crippen LogP contribution in [-0.2, 0) is 4.74 Å². The standard InChI is InChI=1S/C12H17NO3/c1-13-8-5-9-16-11-7-4-3-6-10(11)12(14)15-2/h3-4,6-7,13H,5,8-9H2,1-2H3. The molecule has 1 aromatic rings. The normalized spacial score (nSPS) is 9.88. The highest BCUT2D eigenvalue weighted by Crippen LogP contribution is 2.18. The Morgan fingerprint density at radius 3 is 2.81 bits per heavy atom. The second-order valence-electron chi connectivity index (χ2n) is 3.29. The van der Waals surface area contributed by atoms with E-state index in [2.05, 4.69) is 10.1 Å². The maximum absolute atomic E-state index is 11.4. The van der Waals surface area contributed by atoms with Crippen molar-refractivity contribution in [3.8, 4) is 5.75 Å². The van der Waals surface area contributed by atoms with Crippen LogP contribution in [0.4, 0.5) is 0 Å². The van der Waals surface area contributed by atoms with Gasteiger partial charge in [-0.25, -0.2) is 4.79 Å². The van der Waals surface area contributed by atoms with E-state index in [4.69, 9.17) is 4.74 Å². The van der Waals surface area contributed by atoms with Crippen molar-refractivity contribution in [1.29, 1.82) is 0 Å². The third-order valence-corrected chi connectivity index (χ3v) is 2.12. The summed E-state index contributed by atoms with van der Waals surface area (Å²) >= 11 is 0. The average Bonchev–Trinajstić information content (AvgIpc) is 2.34. The number of rotatable bonds is 6. The summed E-state index contributed by atoms with van der Waals surface area (Å²) in [5.41, 5.74) is 0.467. The Labute approximate surface area is 95.6 Å². The summed E-state index contributed by atoms with van der Waals surface area (Å²) in [5, 5.41) is 3.03. The van der Waals surface area contributed by atoms with E-state index in [0.717, 1.165) is 13.0 Å². The molecule has 0 saturated heterocycles. The molecule has 1 N–H and O–H groups in total. The van der Waals surface area contributed by atoms with Crippen LogP contribution in [-0.4, -0.2) is 33.3 Å². The third-order valence-electron chi connectivity index (χ3n) is 2.12. The Balaban J connectivity index is 2.60. The predicted octanol–water partition coefficient (Wildman–Crippen LogP) is 1.46. The summed E-state index contributed by atoms with van der Waals surface area (Å²) in [4.78, 5) is 11.4. The summed E-state index contributed by atoms with van der Waals surface area (Å²) in [6.07, 6.45) is 0.895. The summed E-state index contributed by atoms with van der Waals surface area (Å²) in [5.74, 6) is 0.203. The van der Waals surface area contributed by atoms with Crippen LogP contribution in [0.3, 0.4) is 0 Å². The van der Waals surface area contributed by atoms with Gasteiger partial charge in [0.15, 0.2) is 0 Å². The number of carbonyl (C=O) groups excluding carboxylic acids is 1. The lowest BCUT2D eigenvalue weighted by molar-refractivity contribution is 0.0596. The van der Waals surface area contributed by atoms with Gasteiger partial charge in [-0.15, -0.1) is 0 Å². The molecule has 0 saturated carbocycles. The molecule has 0 bridgehead atoms. The smallest absolute Gasteiger partial charge is 0.341 e. The number of hydrogen-bond donors (Lipinski definition) is 1. The molecular weight excluding hydrogens is 206 g/mol. The number of hydrogen-bond acceptors (Lipinski definition) is 4. The molecule has 0 radical (unpaired) electrons. The van der Waals surface area contributed by atoms with E-state index >= 15 is 0 Å². The lowest BCUT2D eigenvalue weighted by Gasteiger charge is -2.09. The van der Waals surface area contributed by atoms with Crippen LogP contribution < -0.4 is 10.1 Å². The second-order valence-corrected chi connectivity index (χ2v) is 3.29. The molecule has 0 aliphatic carbocycles. The lowest BCUT2D eigenvalue weighted by atomic mass is 10.2. The third kappa shape index (κ3) is 3.55. The van der Waals surface area contributed by atoms with Gasteiger partial charge in [-0.2, -0.15) is 0 Å². The minimum absolute atomic E-state index is 0.371. The Morgan fingerprint density at radius 1 is 1.38 bits per heavy atom. The summed E-state index contributed by atoms with van der Waals surface area (Å²) in [6, 6.07) is 7.08. The molecule has 4 nitrogen and oxygen atoms in total. The van der Waals surface area contributed by atoms with Gasteiger partial charge in [0, 0.05) is 0 Å². The number of nitrogens with one attached hydrogen (secondary N) is 1. The summed E-state index contributed by atoms with van der Waals surface area (Å²) in [7, 11) is 3.25. The quantitative estimate of drug-likeness (QED) is 0.586. The van der Waals surface area contributed by atoms with Gasteiger partial charge < -0.3 is 14.8 Å². The largest absolute Gasteiger partial charge is 0.493 e. The van der Waals surface area contributed by atoms with Crippen LogP contribution in [0.2, 0.25) is 0 Å². The fraction of sp³-hybridized carbons (Fsp3) is 0.417. The van der Waals surface area contributed by atoms with Crippen LogP contribution in [0.5, 0.6) is 5.75 Å². The van der Waals surface area contributed by atoms with E-state index in [1.165, 1.54) is 7.11 Å². The molecule has 88 valence electrons. The predicted molar refractivity (Wildman–Crippen MR) is 61.8 cm³/mol. The van der Waals surface area contributed by atoms with Gasteiger partial charge in [-0.05, 0) is 32.1 Å². The maximum Gasteiger partial charge on any atom is 0.341 e. The maximum atomic E-state index is 11.4. The van der Waals surface area contributed by atoms with Crippen LogP contribution in [0.1, 0.15) is 16.8 Å². The Bertz CT molecular complexity index is 339. The number of ether oxygens (including phenoxy) is 2. The minimum atomic E-state index is -0.371. The molecule has 0 spiro atoms. The van der Waals surface area contributed by atoms with Crippen molar-refractivity contribution in [1.82, 2.24) is 5.32 Å². The first kappa shape index (κ1) is 12.5. The molecule has 0 atom stereocenters. The van der Waals surface area contributed by atoms with Crippen molar-refractivity contribution in [3.05, 3.63) is 29.8 Å². The highest BCUT2D eigenvalue weighted by atomic mass is 16.5. The number of esters is 1. The zero-order valence-corrected chi connectivity index (χ0v) is 9.66. The van der Waals surface area contributed by atoms with E-state index in [9.17, 15) is 4.79 Å². The van der Waals surface area contributed by atoms with Crippen LogP contribution in [0.25, 0.3) is 0 Å². The molecule has 0 amide bonds. The zero-order chi connectivity index (χ0) is 11.8. The molecule has 0 fully saturated rings. The molecule has 0 aliphatic rings. The molecule has 1 rings (SSSR count). The van der Waals surface area contributed by atoms with Crippen LogP contribution in [0.15, 0.2) is 24.3 Å². The van der Waals surface area contributed by atoms with E-state index in [1.807, 2.05) is 13.1 Å². The van der Waals surface area contributed by atoms with Crippen molar-refractivity contribution in [2.75, 3.05) is 27.3 Å². The van der Waals surface area contributed by atoms with Gasteiger partial charge in [0.05, 0.1) is 13.7 Å². The number of benzene rings is 1. The highest BCUT2D eigenvalue weighted by molar-refractivity contribution is 5.92. The number of para-hydroxylation sites is 1. The molecule has 4 heteroatoms. The fourth-order valence-corrected chi connectivity index (χ4v) is 1.30. The first-order valence-corrected chi connectivity index (χ1v) is 5.24. The van der Waals surface area contributed by atoms with Crippen LogP contribution in [0, 0.1) is 0 Å². The topological polar surface area (TPSA) is 47.6 Å². The van der Waals surface area contributed by atoms with Crippen molar-refractivity contribution >= 4 is 5.97 Å². The van der Waals surface area contributed by atoms with Crippen molar-refractivity contribution in [2.24, 2.45) is 0 Å². The molecule has 16 heavy (non-hydrogen) atoms. The van der Waals surface area contributed by atoms with Crippen molar-refractivity contribution in [3.63, 3.8) is 0 Å². The first-order chi connectivity index (χ1) is 7.79. The Hall–Kier alpha value is -1.55. The molecular formula is C12H17NO3. The highest BCUT2D eigenvalue weighted by Gasteiger charge is 2.11. The zero-order valence-electron chi connectivity index (χ0n) is 9.66. The second kappa shape index (κ2) is 6.85. The first-order valence-electron chi connectivity index (χ1n) is 5.24. The Kier molecular flexibility index (Phi) is 5.36. The summed E-state index contributed by atoms with van der Waals surface area (Å²) < 4.78 is 10.2. The Morgan fingerprint density at radius 2 is 2.12 bits per heavy atom. The van der Waals surface area contributed by atoms with Crippen molar-refractivity contribution in [2.45, 2.75) is 6.42 Å². The number of carbonyl (C=O) groups is 1. The van der Waals surface area contributed by atoms with Gasteiger partial charge in [0.1, 0.15) is 11.3 Å². The van der Waals surface area contributed by atoms with Crippen LogP contribution >= 0.6 is 0 Å². The molecule has 0 aliphatic heterocycles.